The summed E-state index contributed by atoms with van der Waals surface area (Å²) >= 11 is 8.82. The third kappa shape index (κ3) is 1.30. The number of rotatable bonds is 0. The van der Waals surface area contributed by atoms with E-state index >= 15 is 0 Å². The topological polar surface area (TPSA) is 24.1 Å². The summed E-state index contributed by atoms with van der Waals surface area (Å²) in [5.41, 5.74) is 2.17. The highest BCUT2D eigenvalue weighted by Crippen LogP contribution is 2.36. The Morgan fingerprint density at radius 3 is 2.75 bits per heavy atom. The van der Waals surface area contributed by atoms with E-state index in [1.54, 1.807) is 0 Å². The first-order valence-electron chi connectivity index (χ1n) is 3.73. The van der Waals surface area contributed by atoms with Crippen LogP contribution in [0.25, 0.3) is 0 Å². The van der Waals surface area contributed by atoms with E-state index < -0.39 is 4.20 Å². The number of fused-ring (bicyclic) bond motifs is 1. The van der Waals surface area contributed by atoms with E-state index in [0.29, 0.717) is 6.67 Å². The van der Waals surface area contributed by atoms with E-state index in [-0.39, 0.29) is 0 Å². The highest BCUT2D eigenvalue weighted by Gasteiger charge is 2.27. The number of nitrogens with one attached hydrogen (secondary N) is 2. The summed E-state index contributed by atoms with van der Waals surface area (Å²) in [5.74, 6) is 0. The molecule has 0 atom stereocenters. The monoisotopic (exact) mass is 198 g/mol. The normalized spacial score (nSPS) is 19.5. The lowest BCUT2D eigenvalue weighted by atomic mass is 10.1. The third-order valence-electron chi connectivity index (χ3n) is 1.92. The van der Waals surface area contributed by atoms with Gasteiger partial charge in [-0.05, 0) is 6.07 Å². The Morgan fingerprint density at radius 2 is 2.00 bits per heavy atom. The van der Waals surface area contributed by atoms with Gasteiger partial charge >= 0.3 is 0 Å². The summed E-state index contributed by atoms with van der Waals surface area (Å²) in [5, 5.41) is 6.34. The predicted octanol–water partition coefficient (Wildman–Crippen LogP) is 1.63. The van der Waals surface area contributed by atoms with Gasteiger partial charge in [-0.1, -0.05) is 18.2 Å². The zero-order valence-corrected chi connectivity index (χ0v) is 8.20. The second-order valence-corrected chi connectivity index (χ2v) is 4.44. The van der Waals surface area contributed by atoms with Crippen molar-refractivity contribution in [3.8, 4) is 0 Å². The highest BCUT2D eigenvalue weighted by atomic mass is 32.2. The summed E-state index contributed by atoms with van der Waals surface area (Å²) < 4.78 is -0.512. The molecule has 0 saturated carbocycles. The molecule has 1 aliphatic heterocycles. The van der Waals surface area contributed by atoms with Crippen LogP contribution in [0.1, 0.15) is 5.56 Å². The molecule has 1 aromatic rings. The SMILES string of the molecule is SC1(S)NCNc2ccccc21. The minimum atomic E-state index is -0.512. The van der Waals surface area contributed by atoms with Crippen molar-refractivity contribution in [1.29, 1.82) is 0 Å². The highest BCUT2D eigenvalue weighted by molar-refractivity contribution is 7.99. The number of benzene rings is 1. The Kier molecular flexibility index (Phi) is 1.98. The summed E-state index contributed by atoms with van der Waals surface area (Å²) in [4.78, 5) is 0. The molecule has 0 saturated heterocycles. The Balaban J connectivity index is 2.52. The fourth-order valence-electron chi connectivity index (χ4n) is 1.30. The van der Waals surface area contributed by atoms with Gasteiger partial charge in [0.15, 0.2) is 0 Å². The van der Waals surface area contributed by atoms with Gasteiger partial charge in [0, 0.05) is 11.3 Å². The zero-order valence-electron chi connectivity index (χ0n) is 6.41. The van der Waals surface area contributed by atoms with Crippen molar-refractivity contribution in [2.24, 2.45) is 0 Å². The van der Waals surface area contributed by atoms with Gasteiger partial charge in [0.25, 0.3) is 0 Å². The molecule has 0 aromatic heterocycles. The van der Waals surface area contributed by atoms with Crippen molar-refractivity contribution in [2.45, 2.75) is 4.20 Å². The molecule has 0 radical (unpaired) electrons. The molecule has 12 heavy (non-hydrogen) atoms. The Morgan fingerprint density at radius 1 is 1.25 bits per heavy atom. The van der Waals surface area contributed by atoms with E-state index in [4.69, 9.17) is 0 Å². The molecule has 2 nitrogen and oxygen atoms in total. The molecule has 2 rings (SSSR count). The maximum atomic E-state index is 4.41. The minimum Gasteiger partial charge on any atom is -0.372 e. The molecule has 1 aliphatic rings. The second kappa shape index (κ2) is 2.87. The van der Waals surface area contributed by atoms with Gasteiger partial charge in [-0.2, -0.15) is 0 Å². The van der Waals surface area contributed by atoms with E-state index in [2.05, 4.69) is 35.9 Å². The van der Waals surface area contributed by atoms with Crippen LogP contribution in [0.3, 0.4) is 0 Å². The summed E-state index contributed by atoms with van der Waals surface area (Å²) in [7, 11) is 0. The van der Waals surface area contributed by atoms with Crippen molar-refractivity contribution in [2.75, 3.05) is 12.0 Å². The lowest BCUT2D eigenvalue weighted by Crippen LogP contribution is -2.40. The van der Waals surface area contributed by atoms with Crippen LogP contribution >= 0.6 is 25.3 Å². The third-order valence-corrected chi connectivity index (χ3v) is 2.71. The molecule has 0 spiro atoms. The van der Waals surface area contributed by atoms with Crippen molar-refractivity contribution in [3.63, 3.8) is 0 Å². The lowest BCUT2D eigenvalue weighted by molar-refractivity contribution is 0.656. The van der Waals surface area contributed by atoms with E-state index in [1.807, 2.05) is 24.3 Å². The number of hydrogen-bond acceptors (Lipinski definition) is 4. The first-order chi connectivity index (χ1) is 5.70. The standard InChI is InChI=1S/C8H10N2S2/c11-8(12)6-3-1-2-4-7(6)9-5-10-8/h1-4,9-12H,5H2. The first-order valence-corrected chi connectivity index (χ1v) is 4.63. The molecular weight excluding hydrogens is 188 g/mol. The number of hydrogen-bond donors (Lipinski definition) is 4. The fourth-order valence-corrected chi connectivity index (χ4v) is 1.85. The van der Waals surface area contributed by atoms with Crippen molar-refractivity contribution < 1.29 is 0 Å². The molecule has 0 unspecified atom stereocenters. The van der Waals surface area contributed by atoms with Crippen LogP contribution in [0.5, 0.6) is 0 Å². The largest absolute Gasteiger partial charge is 0.372 e. The summed E-state index contributed by atoms with van der Waals surface area (Å²) in [6, 6.07) is 8.01. The molecule has 2 N–H and O–H groups in total. The van der Waals surface area contributed by atoms with Gasteiger partial charge in [-0.25, -0.2) is 0 Å². The maximum Gasteiger partial charge on any atom is 0.135 e. The van der Waals surface area contributed by atoms with Gasteiger partial charge in [-0.15, -0.1) is 25.3 Å². The minimum absolute atomic E-state index is 0.512. The maximum absolute atomic E-state index is 4.41. The molecule has 1 aromatic carbocycles. The van der Waals surface area contributed by atoms with Gasteiger partial charge < -0.3 is 5.32 Å². The molecule has 64 valence electrons. The van der Waals surface area contributed by atoms with E-state index in [0.717, 1.165) is 11.3 Å². The summed E-state index contributed by atoms with van der Waals surface area (Å²) in [6.45, 7) is 0.698. The molecule has 0 amide bonds. The first kappa shape index (κ1) is 8.29. The predicted molar refractivity (Wildman–Crippen MR) is 57.7 cm³/mol. The number of para-hydroxylation sites is 1. The zero-order chi connectivity index (χ0) is 8.60. The van der Waals surface area contributed by atoms with Gasteiger partial charge in [0.05, 0.1) is 6.67 Å². The Labute approximate surface area is 82.6 Å². The van der Waals surface area contributed by atoms with Gasteiger partial charge in [0.1, 0.15) is 4.20 Å². The van der Waals surface area contributed by atoms with Crippen LogP contribution in [0.4, 0.5) is 5.69 Å². The van der Waals surface area contributed by atoms with Crippen molar-refractivity contribution in [3.05, 3.63) is 29.8 Å². The lowest BCUT2D eigenvalue weighted by Gasteiger charge is -2.32. The van der Waals surface area contributed by atoms with Crippen LogP contribution in [-0.2, 0) is 4.20 Å². The summed E-state index contributed by atoms with van der Waals surface area (Å²) in [6.07, 6.45) is 0. The Bertz CT molecular complexity index is 299. The second-order valence-electron chi connectivity index (χ2n) is 2.75. The molecular formula is C8H10N2S2. The fraction of sp³-hybridized carbons (Fsp3) is 0.250. The molecule has 0 aliphatic carbocycles. The van der Waals surface area contributed by atoms with Crippen molar-refractivity contribution >= 4 is 30.9 Å². The van der Waals surface area contributed by atoms with Crippen LogP contribution < -0.4 is 10.6 Å². The number of anilines is 1. The molecule has 0 bridgehead atoms. The van der Waals surface area contributed by atoms with E-state index in [1.165, 1.54) is 0 Å². The van der Waals surface area contributed by atoms with Crippen LogP contribution in [0, 0.1) is 0 Å². The van der Waals surface area contributed by atoms with E-state index in [9.17, 15) is 0 Å². The average Bonchev–Trinajstić information content (AvgIpc) is 2.04. The van der Waals surface area contributed by atoms with Crippen LogP contribution in [-0.4, -0.2) is 6.67 Å². The molecule has 4 heteroatoms. The van der Waals surface area contributed by atoms with Gasteiger partial charge in [0.2, 0.25) is 0 Å². The smallest absolute Gasteiger partial charge is 0.135 e. The Hall–Kier alpha value is -0.320. The molecule has 0 fully saturated rings. The molecule has 1 heterocycles. The van der Waals surface area contributed by atoms with Crippen molar-refractivity contribution in [1.82, 2.24) is 5.32 Å². The average molecular weight is 198 g/mol. The van der Waals surface area contributed by atoms with Crippen LogP contribution in [0.2, 0.25) is 0 Å². The quantitative estimate of drug-likeness (QED) is 0.376. The van der Waals surface area contributed by atoms with Gasteiger partial charge in [-0.3, -0.25) is 5.32 Å². The van der Waals surface area contributed by atoms with Crippen LogP contribution in [0.15, 0.2) is 24.3 Å². The number of thiol groups is 2.